The van der Waals surface area contributed by atoms with E-state index in [4.69, 9.17) is 0 Å². The van der Waals surface area contributed by atoms with Crippen LogP contribution in [0.2, 0.25) is 0 Å². The van der Waals surface area contributed by atoms with E-state index in [1.165, 1.54) is 19.4 Å². The van der Waals surface area contributed by atoms with E-state index >= 15 is 0 Å². The van der Waals surface area contributed by atoms with Crippen molar-refractivity contribution in [1.82, 2.24) is 10.2 Å². The molecule has 0 radical (unpaired) electrons. The molecule has 1 heterocycles. The molecule has 0 aliphatic carbocycles. The lowest BCUT2D eigenvalue weighted by Gasteiger charge is -2.26. The molecule has 1 aliphatic heterocycles. The zero-order valence-electron chi connectivity index (χ0n) is 9.93. The summed E-state index contributed by atoms with van der Waals surface area (Å²) in [4.78, 5) is 2.49. The summed E-state index contributed by atoms with van der Waals surface area (Å²) in [5.74, 6) is 0.721. The number of halogens is 1. The first-order valence-electron chi connectivity index (χ1n) is 5.87. The van der Waals surface area contributed by atoms with Crippen molar-refractivity contribution in [3.63, 3.8) is 0 Å². The number of nitrogens with one attached hydrogen (secondary N) is 1. The average Bonchev–Trinajstić information content (AvgIpc) is 2.53. The molecule has 1 N–H and O–H groups in total. The Bertz CT molecular complexity index is 198. The summed E-state index contributed by atoms with van der Waals surface area (Å²) < 4.78 is 1.08. The summed E-state index contributed by atoms with van der Waals surface area (Å²) in [5, 5.41) is 3.55. The molecule has 0 spiro atoms. The molecule has 0 amide bonds. The number of nitrogens with zero attached hydrogens (tertiary/aromatic N) is 1. The highest BCUT2D eigenvalue weighted by Gasteiger charge is 2.18. The molecule has 0 saturated carbocycles. The maximum absolute atomic E-state index is 3.93. The number of hydrogen-bond acceptors (Lipinski definition) is 2. The van der Waals surface area contributed by atoms with Gasteiger partial charge in [-0.25, -0.2) is 0 Å². The van der Waals surface area contributed by atoms with Gasteiger partial charge >= 0.3 is 0 Å². The van der Waals surface area contributed by atoms with E-state index < -0.39 is 0 Å². The van der Waals surface area contributed by atoms with Gasteiger partial charge < -0.3 is 5.32 Å². The van der Waals surface area contributed by atoms with E-state index in [-0.39, 0.29) is 0 Å². The largest absolute Gasteiger partial charge is 0.313 e. The van der Waals surface area contributed by atoms with Gasteiger partial charge in [0.05, 0.1) is 0 Å². The molecule has 0 aromatic carbocycles. The second-order valence-electron chi connectivity index (χ2n) is 4.90. The molecule has 0 aromatic rings. The lowest BCUT2D eigenvalue weighted by Crippen LogP contribution is -2.39. The normalized spacial score (nSPS) is 21.5. The zero-order chi connectivity index (χ0) is 11.3. The molecule has 1 atom stereocenters. The number of hydrogen-bond donors (Lipinski definition) is 1. The van der Waals surface area contributed by atoms with Gasteiger partial charge in [0.1, 0.15) is 0 Å². The van der Waals surface area contributed by atoms with Gasteiger partial charge in [-0.1, -0.05) is 36.4 Å². The minimum Gasteiger partial charge on any atom is -0.313 e. The Kier molecular flexibility index (Phi) is 5.87. The van der Waals surface area contributed by atoms with Crippen LogP contribution in [-0.4, -0.2) is 37.1 Å². The van der Waals surface area contributed by atoms with E-state index in [2.05, 4.69) is 46.6 Å². The summed E-state index contributed by atoms with van der Waals surface area (Å²) in [6.45, 7) is 12.9. The fourth-order valence-corrected chi connectivity index (χ4v) is 2.54. The Morgan fingerprint density at radius 2 is 2.33 bits per heavy atom. The van der Waals surface area contributed by atoms with Gasteiger partial charge in [-0.05, 0) is 25.3 Å². The lowest BCUT2D eigenvalue weighted by atomic mass is 10.1. The van der Waals surface area contributed by atoms with Crippen molar-refractivity contribution in [1.29, 1.82) is 0 Å². The molecular weight excluding hydrogens is 252 g/mol. The molecule has 1 fully saturated rings. The fourth-order valence-electron chi connectivity index (χ4n) is 2.19. The molecule has 0 aromatic heterocycles. The van der Waals surface area contributed by atoms with Crippen LogP contribution in [0.1, 0.15) is 26.7 Å². The van der Waals surface area contributed by atoms with Crippen LogP contribution in [0.5, 0.6) is 0 Å². The molecule has 1 unspecified atom stereocenters. The van der Waals surface area contributed by atoms with Crippen molar-refractivity contribution in [3.05, 3.63) is 11.1 Å². The van der Waals surface area contributed by atoms with Gasteiger partial charge in [0.25, 0.3) is 0 Å². The van der Waals surface area contributed by atoms with Crippen molar-refractivity contribution in [2.24, 2.45) is 5.92 Å². The van der Waals surface area contributed by atoms with Gasteiger partial charge in [0, 0.05) is 30.2 Å². The van der Waals surface area contributed by atoms with Crippen LogP contribution in [-0.2, 0) is 0 Å². The van der Waals surface area contributed by atoms with Crippen LogP contribution >= 0.6 is 15.9 Å². The van der Waals surface area contributed by atoms with Gasteiger partial charge in [0.2, 0.25) is 0 Å². The predicted octanol–water partition coefficient (Wildman–Crippen LogP) is 2.61. The molecular formula is C12H23BrN2. The Morgan fingerprint density at radius 1 is 1.60 bits per heavy atom. The van der Waals surface area contributed by atoms with Crippen LogP contribution in [0.15, 0.2) is 11.1 Å². The van der Waals surface area contributed by atoms with E-state index in [9.17, 15) is 0 Å². The zero-order valence-corrected chi connectivity index (χ0v) is 11.5. The highest BCUT2D eigenvalue weighted by Crippen LogP contribution is 2.11. The molecule has 1 aliphatic rings. The lowest BCUT2D eigenvalue weighted by molar-refractivity contribution is 0.245. The van der Waals surface area contributed by atoms with Crippen molar-refractivity contribution in [2.45, 2.75) is 32.7 Å². The maximum Gasteiger partial charge on any atom is 0.0294 e. The smallest absolute Gasteiger partial charge is 0.0294 e. The fraction of sp³-hybridized carbons (Fsp3) is 0.833. The van der Waals surface area contributed by atoms with E-state index in [1.54, 1.807) is 0 Å². The third-order valence-electron chi connectivity index (χ3n) is 2.66. The predicted molar refractivity (Wildman–Crippen MR) is 70.4 cm³/mol. The second-order valence-corrected chi connectivity index (χ2v) is 6.02. The number of rotatable bonds is 6. The summed E-state index contributed by atoms with van der Waals surface area (Å²) in [6, 6.07) is 0.690. The van der Waals surface area contributed by atoms with Crippen LogP contribution in [0.25, 0.3) is 0 Å². The molecule has 0 bridgehead atoms. The van der Waals surface area contributed by atoms with Crippen LogP contribution < -0.4 is 5.32 Å². The summed E-state index contributed by atoms with van der Waals surface area (Å²) in [5.41, 5.74) is 0. The van der Waals surface area contributed by atoms with Crippen molar-refractivity contribution >= 4 is 15.9 Å². The first-order chi connectivity index (χ1) is 7.08. The third kappa shape index (κ3) is 5.69. The third-order valence-corrected chi connectivity index (χ3v) is 2.91. The molecule has 88 valence electrons. The highest BCUT2D eigenvalue weighted by molar-refractivity contribution is 9.11. The topological polar surface area (TPSA) is 15.3 Å². The van der Waals surface area contributed by atoms with Crippen LogP contribution in [0.3, 0.4) is 0 Å². The monoisotopic (exact) mass is 274 g/mol. The minimum absolute atomic E-state index is 0.690. The van der Waals surface area contributed by atoms with Crippen LogP contribution in [0.4, 0.5) is 0 Å². The first kappa shape index (κ1) is 13.2. The Labute approximate surface area is 102 Å². The quantitative estimate of drug-likeness (QED) is 0.801. The molecule has 3 heteroatoms. The van der Waals surface area contributed by atoms with Crippen molar-refractivity contribution in [3.8, 4) is 0 Å². The van der Waals surface area contributed by atoms with Crippen molar-refractivity contribution in [2.75, 3.05) is 26.2 Å². The Balaban J connectivity index is 2.36. The molecule has 1 saturated heterocycles. The first-order valence-corrected chi connectivity index (χ1v) is 6.66. The van der Waals surface area contributed by atoms with E-state index in [1.807, 2.05) is 0 Å². The van der Waals surface area contributed by atoms with E-state index in [0.717, 1.165) is 30.0 Å². The molecule has 2 nitrogen and oxygen atoms in total. The van der Waals surface area contributed by atoms with Gasteiger partial charge in [-0.15, -0.1) is 0 Å². The maximum atomic E-state index is 3.93. The molecule has 15 heavy (non-hydrogen) atoms. The standard InChI is InChI=1S/C12H23BrN2/c1-10(2)7-15(8-11(3)13)9-12-5-4-6-14-12/h10,12,14H,3-9H2,1-2H3. The average molecular weight is 275 g/mol. The highest BCUT2D eigenvalue weighted by atomic mass is 79.9. The van der Waals surface area contributed by atoms with Gasteiger partial charge in [-0.2, -0.15) is 0 Å². The summed E-state index contributed by atoms with van der Waals surface area (Å²) in [7, 11) is 0. The van der Waals surface area contributed by atoms with Gasteiger partial charge in [0.15, 0.2) is 0 Å². The van der Waals surface area contributed by atoms with Crippen molar-refractivity contribution < 1.29 is 0 Å². The van der Waals surface area contributed by atoms with Crippen LogP contribution in [0, 0.1) is 5.92 Å². The summed E-state index contributed by atoms with van der Waals surface area (Å²) in [6.07, 6.45) is 2.65. The summed E-state index contributed by atoms with van der Waals surface area (Å²) >= 11 is 3.46. The Hall–Kier alpha value is 0.140. The SMILES string of the molecule is C=C(Br)CN(CC(C)C)CC1CCCN1. The van der Waals surface area contributed by atoms with E-state index in [0.29, 0.717) is 6.04 Å². The Morgan fingerprint density at radius 3 is 2.80 bits per heavy atom. The van der Waals surface area contributed by atoms with Gasteiger partial charge in [-0.3, -0.25) is 4.90 Å². The second kappa shape index (κ2) is 6.66. The molecule has 1 rings (SSSR count). The minimum atomic E-state index is 0.690.